The minimum Gasteiger partial charge on any atom is -0.494 e. The molecule has 0 radical (unpaired) electrons. The molecule has 13 nitrogen and oxygen atoms in total. The van der Waals surface area contributed by atoms with Gasteiger partial charge in [-0.15, -0.1) is 0 Å². The van der Waals surface area contributed by atoms with Gasteiger partial charge in [0.1, 0.15) is 39.5 Å². The van der Waals surface area contributed by atoms with Gasteiger partial charge in [-0.3, -0.25) is 4.98 Å². The minimum atomic E-state index is -0.780. The van der Waals surface area contributed by atoms with Crippen LogP contribution in [0.2, 0.25) is 0 Å². The smallest absolute Gasteiger partial charge is 0.408 e. The SMILES string of the molecule is COc1cc(C(=O)OC(C)C)cc2nc(-c3cc4ccc([C@@H](C)NC(=O)OC(C)(C)C)nc4n3CCCCCc3nccc(F)c3C(=O)OC(C)(C)C)n(C)c12. The maximum absolute atomic E-state index is 14.9. The second kappa shape index (κ2) is 16.7. The highest BCUT2D eigenvalue weighted by Crippen LogP contribution is 2.35. The van der Waals surface area contributed by atoms with Gasteiger partial charge in [-0.1, -0.05) is 6.42 Å². The van der Waals surface area contributed by atoms with E-state index in [1.165, 1.54) is 12.3 Å². The van der Waals surface area contributed by atoms with Gasteiger partial charge in [0.25, 0.3) is 0 Å². The van der Waals surface area contributed by atoms with Gasteiger partial charge in [-0.2, -0.15) is 0 Å². The summed E-state index contributed by atoms with van der Waals surface area (Å²) in [5.74, 6) is -0.770. The standard InChI is InChI=1S/C42H53FN6O7/c1-24(2)54-38(50)27-21-31-35(33(23-27)53-11)48(10)37(47-31)32-22-26-16-17-29(25(3)45-40(52)56-42(7,8)9)46-36(26)49(32)20-14-12-13-15-30-34(28(43)18-19-44-30)39(51)55-41(4,5)6/h16-19,21-25H,12-15,20H2,1-11H3,(H,45,52)/t25-/m1/s1. The average molecular weight is 773 g/mol. The number of nitrogens with one attached hydrogen (secondary N) is 1. The van der Waals surface area contributed by atoms with Crippen LogP contribution in [-0.4, -0.2) is 66.5 Å². The summed E-state index contributed by atoms with van der Waals surface area (Å²) in [5, 5.41) is 3.74. The first-order chi connectivity index (χ1) is 26.3. The van der Waals surface area contributed by atoms with Crippen molar-refractivity contribution in [3.8, 4) is 17.3 Å². The van der Waals surface area contributed by atoms with Gasteiger partial charge in [0.2, 0.25) is 0 Å². The topological polar surface area (TPSA) is 149 Å². The van der Waals surface area contributed by atoms with E-state index in [1.807, 2.05) is 36.7 Å². The summed E-state index contributed by atoms with van der Waals surface area (Å²) >= 11 is 0. The van der Waals surface area contributed by atoms with E-state index in [-0.39, 0.29) is 11.7 Å². The number of carbonyl (C=O) groups excluding carboxylic acids is 3. The Bertz CT molecular complexity index is 2250. The summed E-state index contributed by atoms with van der Waals surface area (Å²) in [6, 6.07) is 9.92. The first kappa shape index (κ1) is 41.6. The van der Waals surface area contributed by atoms with Crippen molar-refractivity contribution in [1.82, 2.24) is 29.4 Å². The number of halogens is 1. The number of methoxy groups -OCH3 is 1. The van der Waals surface area contributed by atoms with Crippen molar-refractivity contribution in [3.05, 3.63) is 70.9 Å². The van der Waals surface area contributed by atoms with Crippen molar-refractivity contribution in [2.75, 3.05) is 7.11 Å². The summed E-state index contributed by atoms with van der Waals surface area (Å²) in [5.41, 5.74) is 2.48. The quantitative estimate of drug-likeness (QED) is 0.0700. The lowest BCUT2D eigenvalue weighted by atomic mass is 10.1. The Hall–Kier alpha value is -5.53. The van der Waals surface area contributed by atoms with Gasteiger partial charge >= 0.3 is 18.0 Å². The number of carbonyl (C=O) groups is 3. The maximum atomic E-state index is 14.9. The van der Waals surface area contributed by atoms with E-state index in [0.29, 0.717) is 71.0 Å². The molecule has 4 heterocycles. The molecule has 0 saturated carbocycles. The molecule has 0 aliphatic heterocycles. The second-order valence-electron chi connectivity index (χ2n) is 16.1. The van der Waals surface area contributed by atoms with Gasteiger partial charge in [0, 0.05) is 25.2 Å². The Balaban J connectivity index is 1.49. The molecular formula is C42H53FN6O7. The number of benzene rings is 1. The summed E-state index contributed by atoms with van der Waals surface area (Å²) < 4.78 is 41.0. The monoisotopic (exact) mass is 772 g/mol. The van der Waals surface area contributed by atoms with Gasteiger partial charge in [0.05, 0.1) is 47.4 Å². The van der Waals surface area contributed by atoms with Gasteiger partial charge < -0.3 is 33.4 Å². The average Bonchev–Trinajstić information content (AvgIpc) is 3.61. The van der Waals surface area contributed by atoms with E-state index in [2.05, 4.69) is 14.9 Å². The van der Waals surface area contributed by atoms with Gasteiger partial charge in [-0.25, -0.2) is 28.7 Å². The molecule has 14 heteroatoms. The van der Waals surface area contributed by atoms with Crippen LogP contribution in [-0.2, 0) is 34.2 Å². The van der Waals surface area contributed by atoms with Crippen LogP contribution >= 0.6 is 0 Å². The molecule has 1 N–H and O–H groups in total. The predicted octanol–water partition coefficient (Wildman–Crippen LogP) is 8.65. The second-order valence-corrected chi connectivity index (χ2v) is 16.1. The van der Waals surface area contributed by atoms with Crippen LogP contribution in [0.15, 0.2) is 42.6 Å². The highest BCUT2D eigenvalue weighted by Gasteiger charge is 2.26. The lowest BCUT2D eigenvalue weighted by molar-refractivity contribution is 0.00619. The highest BCUT2D eigenvalue weighted by atomic mass is 19.1. The van der Waals surface area contributed by atoms with Crippen molar-refractivity contribution in [2.24, 2.45) is 7.05 Å². The summed E-state index contributed by atoms with van der Waals surface area (Å²) in [7, 11) is 3.44. The lowest BCUT2D eigenvalue weighted by Crippen LogP contribution is -2.34. The minimum absolute atomic E-state index is 0.134. The number of aryl methyl sites for hydroxylation is 3. The van der Waals surface area contributed by atoms with Crippen LogP contribution < -0.4 is 10.1 Å². The molecule has 0 fully saturated rings. The summed E-state index contributed by atoms with van der Waals surface area (Å²) in [6.07, 6.45) is 2.96. The summed E-state index contributed by atoms with van der Waals surface area (Å²) in [4.78, 5) is 52.8. The number of ether oxygens (including phenoxy) is 4. The Morgan fingerprint density at radius 1 is 0.893 bits per heavy atom. The van der Waals surface area contributed by atoms with E-state index in [9.17, 15) is 18.8 Å². The lowest BCUT2D eigenvalue weighted by Gasteiger charge is -2.22. The molecule has 0 aliphatic rings. The van der Waals surface area contributed by atoms with Crippen LogP contribution in [0.25, 0.3) is 33.6 Å². The third kappa shape index (κ3) is 9.82. The van der Waals surface area contributed by atoms with Crippen molar-refractivity contribution in [2.45, 2.75) is 118 Å². The number of alkyl carbamates (subject to hydrolysis) is 1. The summed E-state index contributed by atoms with van der Waals surface area (Å²) in [6.45, 7) is 16.6. The number of unbranched alkanes of at least 4 members (excludes halogenated alkanes) is 2. The fraction of sp³-hybridized carbons (Fsp3) is 0.476. The molecule has 0 unspecified atom stereocenters. The Morgan fingerprint density at radius 2 is 1.61 bits per heavy atom. The molecule has 0 spiro atoms. The number of amides is 1. The number of pyridine rings is 2. The van der Waals surface area contributed by atoms with Crippen LogP contribution in [0.4, 0.5) is 9.18 Å². The van der Waals surface area contributed by atoms with E-state index in [4.69, 9.17) is 28.9 Å². The van der Waals surface area contributed by atoms with Gasteiger partial charge in [0.15, 0.2) is 5.82 Å². The van der Waals surface area contributed by atoms with Gasteiger partial charge in [-0.05, 0) is 118 Å². The molecule has 5 rings (SSSR count). The zero-order valence-electron chi connectivity index (χ0n) is 34.2. The number of nitrogens with zero attached hydrogens (tertiary/aromatic N) is 5. The Kier molecular flexibility index (Phi) is 12.4. The van der Waals surface area contributed by atoms with E-state index in [1.54, 1.807) is 74.6 Å². The van der Waals surface area contributed by atoms with E-state index >= 15 is 0 Å². The molecule has 5 aromatic rings. The molecule has 0 saturated heterocycles. The fourth-order valence-electron chi connectivity index (χ4n) is 6.40. The Morgan fingerprint density at radius 3 is 2.27 bits per heavy atom. The van der Waals surface area contributed by atoms with Crippen molar-refractivity contribution < 1.29 is 37.7 Å². The maximum Gasteiger partial charge on any atom is 0.408 e. The molecule has 300 valence electrons. The molecule has 0 bridgehead atoms. The van der Waals surface area contributed by atoms with Crippen molar-refractivity contribution in [1.29, 1.82) is 0 Å². The zero-order valence-corrected chi connectivity index (χ0v) is 34.2. The van der Waals surface area contributed by atoms with Crippen LogP contribution in [0, 0.1) is 5.82 Å². The van der Waals surface area contributed by atoms with Crippen molar-refractivity contribution in [3.63, 3.8) is 0 Å². The highest BCUT2D eigenvalue weighted by molar-refractivity contribution is 5.97. The van der Waals surface area contributed by atoms with Crippen LogP contribution in [0.1, 0.15) is 120 Å². The molecule has 56 heavy (non-hydrogen) atoms. The third-order valence-electron chi connectivity index (χ3n) is 8.78. The van der Waals surface area contributed by atoms with Crippen LogP contribution in [0.5, 0.6) is 5.75 Å². The molecular weight excluding hydrogens is 719 g/mol. The first-order valence-corrected chi connectivity index (χ1v) is 18.9. The largest absolute Gasteiger partial charge is 0.494 e. The Labute approximate surface area is 326 Å². The third-order valence-corrected chi connectivity index (χ3v) is 8.78. The number of rotatable bonds is 13. The molecule has 1 amide bonds. The molecule has 0 aliphatic carbocycles. The zero-order chi connectivity index (χ0) is 41.1. The predicted molar refractivity (Wildman–Crippen MR) is 211 cm³/mol. The fourth-order valence-corrected chi connectivity index (χ4v) is 6.40. The van der Waals surface area contributed by atoms with E-state index < -0.39 is 41.1 Å². The van der Waals surface area contributed by atoms with E-state index in [0.717, 1.165) is 17.5 Å². The number of aromatic nitrogens is 5. The number of hydrogen-bond donors (Lipinski definition) is 1. The first-order valence-electron chi connectivity index (χ1n) is 18.9. The normalized spacial score (nSPS) is 12.6. The molecule has 4 aromatic heterocycles. The number of imidazole rings is 1. The molecule has 1 atom stereocenters. The van der Waals surface area contributed by atoms with Crippen molar-refractivity contribution >= 4 is 40.1 Å². The molecule has 1 aromatic carbocycles. The number of esters is 2. The van der Waals surface area contributed by atoms with Crippen LogP contribution in [0.3, 0.4) is 0 Å². The number of hydrogen-bond acceptors (Lipinski definition) is 10. The number of fused-ring (bicyclic) bond motifs is 2.